The minimum absolute atomic E-state index is 0.327. The lowest BCUT2D eigenvalue weighted by Gasteiger charge is -2.11. The second-order valence-electron chi connectivity index (χ2n) is 4.41. The van der Waals surface area contributed by atoms with Crippen LogP contribution in [0.25, 0.3) is 6.08 Å². The summed E-state index contributed by atoms with van der Waals surface area (Å²) in [4.78, 5) is 22.3. The Bertz CT molecular complexity index is 545. The Morgan fingerprint density at radius 1 is 1.21 bits per heavy atom. The summed E-state index contributed by atoms with van der Waals surface area (Å²) >= 11 is 0. The fraction of sp³-hybridized carbons (Fsp3) is 0.333. The molecule has 0 saturated carbocycles. The van der Waals surface area contributed by atoms with Gasteiger partial charge in [0.15, 0.2) is 0 Å². The fourth-order valence-electron chi connectivity index (χ4n) is 1.94. The van der Waals surface area contributed by atoms with E-state index < -0.39 is 11.9 Å². The van der Waals surface area contributed by atoms with Crippen molar-refractivity contribution >= 4 is 18.0 Å². The maximum absolute atomic E-state index is 11.2. The average Bonchev–Trinajstić information content (AvgIpc) is 2.37. The number of aryl methyl sites for hydroxylation is 2. The van der Waals surface area contributed by atoms with E-state index in [0.29, 0.717) is 24.0 Å². The van der Waals surface area contributed by atoms with E-state index in [4.69, 9.17) is 5.73 Å². The topological polar surface area (TPSA) is 80.4 Å². The molecule has 1 aromatic rings. The SMILES string of the molecule is CCc1cc(C(=O)O)c(CC)cc1C=C(C)C(N)=O. The molecule has 0 heterocycles. The number of nitrogens with two attached hydrogens (primary N) is 1. The molecule has 3 N–H and O–H groups in total. The quantitative estimate of drug-likeness (QED) is 0.799. The van der Waals surface area contributed by atoms with Gasteiger partial charge in [-0.2, -0.15) is 0 Å². The summed E-state index contributed by atoms with van der Waals surface area (Å²) in [5.74, 6) is -1.39. The Morgan fingerprint density at radius 2 is 1.79 bits per heavy atom. The number of primary amides is 1. The minimum Gasteiger partial charge on any atom is -0.478 e. The first kappa shape index (κ1) is 15.0. The molecule has 0 aliphatic carbocycles. The fourth-order valence-corrected chi connectivity index (χ4v) is 1.94. The van der Waals surface area contributed by atoms with Crippen molar-refractivity contribution < 1.29 is 14.7 Å². The maximum atomic E-state index is 11.2. The average molecular weight is 261 g/mol. The molecule has 102 valence electrons. The molecule has 0 aliphatic rings. The van der Waals surface area contributed by atoms with Crippen molar-refractivity contribution in [2.24, 2.45) is 5.73 Å². The van der Waals surface area contributed by atoms with E-state index in [1.165, 1.54) is 0 Å². The third kappa shape index (κ3) is 3.44. The third-order valence-electron chi connectivity index (χ3n) is 3.12. The van der Waals surface area contributed by atoms with Crippen molar-refractivity contribution in [3.63, 3.8) is 0 Å². The van der Waals surface area contributed by atoms with Crippen LogP contribution >= 0.6 is 0 Å². The molecule has 4 heteroatoms. The van der Waals surface area contributed by atoms with Gasteiger partial charge in [-0.3, -0.25) is 4.79 Å². The van der Waals surface area contributed by atoms with Crippen LogP contribution in [-0.2, 0) is 17.6 Å². The molecule has 1 aromatic carbocycles. The minimum atomic E-state index is -0.922. The van der Waals surface area contributed by atoms with E-state index in [0.717, 1.165) is 16.7 Å². The first-order valence-electron chi connectivity index (χ1n) is 6.27. The van der Waals surface area contributed by atoms with E-state index in [9.17, 15) is 14.7 Å². The van der Waals surface area contributed by atoms with Crippen LogP contribution in [0.2, 0.25) is 0 Å². The highest BCUT2D eigenvalue weighted by Gasteiger charge is 2.12. The van der Waals surface area contributed by atoms with Crippen LogP contribution in [0.4, 0.5) is 0 Å². The molecule has 0 spiro atoms. The summed E-state index contributed by atoms with van der Waals surface area (Å²) in [7, 11) is 0. The predicted octanol–water partition coefficient (Wildman–Crippen LogP) is 2.40. The van der Waals surface area contributed by atoms with E-state index in [1.54, 1.807) is 19.1 Å². The molecule has 0 aromatic heterocycles. The Morgan fingerprint density at radius 3 is 2.21 bits per heavy atom. The summed E-state index contributed by atoms with van der Waals surface area (Å²) in [5.41, 5.74) is 8.53. The maximum Gasteiger partial charge on any atom is 0.335 e. The highest BCUT2D eigenvalue weighted by atomic mass is 16.4. The van der Waals surface area contributed by atoms with E-state index in [2.05, 4.69) is 0 Å². The number of carboxylic acids is 1. The molecule has 0 unspecified atom stereocenters. The summed E-state index contributed by atoms with van der Waals surface area (Å²) in [5, 5.41) is 9.19. The highest BCUT2D eigenvalue weighted by molar-refractivity contribution is 5.96. The Hall–Kier alpha value is -2.10. The molecule has 1 amide bonds. The van der Waals surface area contributed by atoms with E-state index >= 15 is 0 Å². The van der Waals surface area contributed by atoms with Gasteiger partial charge in [-0.1, -0.05) is 19.9 Å². The molecule has 19 heavy (non-hydrogen) atoms. The van der Waals surface area contributed by atoms with Gasteiger partial charge in [0.05, 0.1) is 5.56 Å². The number of hydrogen-bond acceptors (Lipinski definition) is 2. The third-order valence-corrected chi connectivity index (χ3v) is 3.12. The predicted molar refractivity (Wildman–Crippen MR) is 75.0 cm³/mol. The molecule has 0 bridgehead atoms. The van der Waals surface area contributed by atoms with E-state index in [-0.39, 0.29) is 0 Å². The van der Waals surface area contributed by atoms with Crippen LogP contribution in [-0.4, -0.2) is 17.0 Å². The highest BCUT2D eigenvalue weighted by Crippen LogP contribution is 2.21. The van der Waals surface area contributed by atoms with Gasteiger partial charge in [-0.15, -0.1) is 0 Å². The summed E-state index contributed by atoms with van der Waals surface area (Å²) in [6, 6.07) is 3.51. The van der Waals surface area contributed by atoms with Crippen molar-refractivity contribution in [3.05, 3.63) is 40.0 Å². The molecular formula is C15H19NO3. The van der Waals surface area contributed by atoms with Crippen molar-refractivity contribution in [1.82, 2.24) is 0 Å². The molecule has 0 atom stereocenters. The first-order chi connectivity index (χ1) is 8.90. The largest absolute Gasteiger partial charge is 0.478 e. The van der Waals surface area contributed by atoms with Crippen LogP contribution in [0.15, 0.2) is 17.7 Å². The lowest BCUT2D eigenvalue weighted by atomic mass is 9.94. The normalized spacial score (nSPS) is 11.4. The van der Waals surface area contributed by atoms with Crippen molar-refractivity contribution in [3.8, 4) is 0 Å². The number of amides is 1. The van der Waals surface area contributed by atoms with Crippen LogP contribution < -0.4 is 5.73 Å². The number of aromatic carboxylic acids is 1. The van der Waals surface area contributed by atoms with Gasteiger partial charge in [0.25, 0.3) is 0 Å². The second kappa shape index (κ2) is 6.18. The lowest BCUT2D eigenvalue weighted by molar-refractivity contribution is -0.114. The number of benzene rings is 1. The summed E-state index contributed by atoms with van der Waals surface area (Å²) < 4.78 is 0. The number of carbonyl (C=O) groups is 2. The van der Waals surface area contributed by atoms with Crippen LogP contribution in [0.3, 0.4) is 0 Å². The zero-order chi connectivity index (χ0) is 14.6. The number of hydrogen-bond donors (Lipinski definition) is 2. The Labute approximate surface area is 112 Å². The molecule has 4 nitrogen and oxygen atoms in total. The first-order valence-corrected chi connectivity index (χ1v) is 6.27. The summed E-state index contributed by atoms with van der Waals surface area (Å²) in [6.07, 6.45) is 3.04. The number of carbonyl (C=O) groups excluding carboxylic acids is 1. The second-order valence-corrected chi connectivity index (χ2v) is 4.41. The van der Waals surface area contributed by atoms with Crippen LogP contribution in [0, 0.1) is 0 Å². The Balaban J connectivity index is 3.44. The zero-order valence-corrected chi connectivity index (χ0v) is 11.5. The standard InChI is InChI=1S/C15H19NO3/c1-4-10-8-13(15(18)19)11(5-2)7-12(10)6-9(3)14(16)17/h6-8H,4-5H2,1-3H3,(H2,16,17)(H,18,19). The van der Waals surface area contributed by atoms with Gasteiger partial charge < -0.3 is 10.8 Å². The van der Waals surface area contributed by atoms with Gasteiger partial charge in [-0.25, -0.2) is 4.79 Å². The van der Waals surface area contributed by atoms with Crippen LogP contribution in [0.1, 0.15) is 47.8 Å². The van der Waals surface area contributed by atoms with Gasteiger partial charge in [0.2, 0.25) is 5.91 Å². The van der Waals surface area contributed by atoms with Gasteiger partial charge in [0, 0.05) is 5.57 Å². The Kier molecular flexibility index (Phi) is 4.87. The van der Waals surface area contributed by atoms with Crippen LogP contribution in [0.5, 0.6) is 0 Å². The molecule has 0 aliphatic heterocycles. The molecule has 0 fully saturated rings. The molecule has 0 radical (unpaired) electrons. The van der Waals surface area contributed by atoms with Gasteiger partial charge in [0.1, 0.15) is 0 Å². The molecule has 0 saturated heterocycles. The van der Waals surface area contributed by atoms with Crippen molar-refractivity contribution in [1.29, 1.82) is 0 Å². The lowest BCUT2D eigenvalue weighted by Crippen LogP contribution is -2.11. The van der Waals surface area contributed by atoms with Gasteiger partial charge in [-0.05, 0) is 48.6 Å². The zero-order valence-electron chi connectivity index (χ0n) is 11.5. The van der Waals surface area contributed by atoms with Gasteiger partial charge >= 0.3 is 5.97 Å². The smallest absolute Gasteiger partial charge is 0.335 e. The molecular weight excluding hydrogens is 242 g/mol. The number of carboxylic acid groups (broad SMARTS) is 1. The van der Waals surface area contributed by atoms with E-state index in [1.807, 2.05) is 19.9 Å². The summed E-state index contributed by atoms with van der Waals surface area (Å²) in [6.45, 7) is 5.50. The van der Waals surface area contributed by atoms with Crippen molar-refractivity contribution in [2.75, 3.05) is 0 Å². The number of rotatable bonds is 5. The van der Waals surface area contributed by atoms with Crippen molar-refractivity contribution in [2.45, 2.75) is 33.6 Å². The monoisotopic (exact) mass is 261 g/mol. The molecule has 1 rings (SSSR count).